The number of aryl methyl sites for hydroxylation is 1. The van der Waals surface area contributed by atoms with Crippen LogP contribution in [0, 0.1) is 5.41 Å². The lowest BCUT2D eigenvalue weighted by molar-refractivity contribution is -0.206. The van der Waals surface area contributed by atoms with Gasteiger partial charge in [0.25, 0.3) is 0 Å². The predicted molar refractivity (Wildman–Crippen MR) is 174 cm³/mol. The molecule has 47 heavy (non-hydrogen) atoms. The van der Waals surface area contributed by atoms with Gasteiger partial charge in [0.2, 0.25) is 5.91 Å². The Morgan fingerprint density at radius 3 is 2.40 bits per heavy atom. The van der Waals surface area contributed by atoms with Gasteiger partial charge in [0.05, 0.1) is 6.61 Å². The van der Waals surface area contributed by atoms with Crippen LogP contribution in [0.2, 0.25) is 0 Å². The van der Waals surface area contributed by atoms with Gasteiger partial charge in [-0.1, -0.05) is 49.7 Å². The summed E-state index contributed by atoms with van der Waals surface area (Å²) < 4.78 is 53.2. The molecule has 0 aliphatic carbocycles. The third-order valence-corrected chi connectivity index (χ3v) is 7.77. The van der Waals surface area contributed by atoms with Crippen LogP contribution >= 0.6 is 0 Å². The summed E-state index contributed by atoms with van der Waals surface area (Å²) in [4.78, 5) is 25.6. The van der Waals surface area contributed by atoms with Crippen LogP contribution in [-0.2, 0) is 32.0 Å². The van der Waals surface area contributed by atoms with Crippen molar-refractivity contribution in [1.82, 2.24) is 20.9 Å². The molecule has 0 spiro atoms. The number of alkyl halides is 3. The van der Waals surface area contributed by atoms with E-state index in [2.05, 4.69) is 44.6 Å². The maximum atomic E-state index is 12.4. The quantitative estimate of drug-likeness (QED) is 0.0777. The Morgan fingerprint density at radius 2 is 1.72 bits per heavy atom. The Labute approximate surface area is 275 Å². The number of guanidine groups is 1. The molecule has 1 heterocycles. The van der Waals surface area contributed by atoms with E-state index in [9.17, 15) is 22.8 Å². The first-order valence-electron chi connectivity index (χ1n) is 16.3. The molecule has 1 aliphatic rings. The van der Waals surface area contributed by atoms with Gasteiger partial charge in [-0.15, -0.1) is 0 Å². The minimum Gasteiger partial charge on any atom is -0.493 e. The van der Waals surface area contributed by atoms with Gasteiger partial charge in [0.1, 0.15) is 11.9 Å². The van der Waals surface area contributed by atoms with Crippen molar-refractivity contribution in [3.05, 3.63) is 53.6 Å². The lowest BCUT2D eigenvalue weighted by Gasteiger charge is -2.31. The minimum atomic E-state index is -4.96. The van der Waals surface area contributed by atoms with E-state index in [1.165, 1.54) is 0 Å². The molecule has 4 N–H and O–H groups in total. The molecule has 1 fully saturated rings. The van der Waals surface area contributed by atoms with E-state index in [0.29, 0.717) is 65.2 Å². The van der Waals surface area contributed by atoms with Crippen molar-refractivity contribution in [3.8, 4) is 16.9 Å². The van der Waals surface area contributed by atoms with Crippen LogP contribution < -0.4 is 20.7 Å². The zero-order chi connectivity index (χ0) is 34.1. The van der Waals surface area contributed by atoms with Crippen LogP contribution in [0.15, 0.2) is 42.5 Å². The Bertz CT molecular complexity index is 1270. The van der Waals surface area contributed by atoms with E-state index < -0.39 is 18.2 Å². The summed E-state index contributed by atoms with van der Waals surface area (Å²) in [5, 5.41) is 16.8. The third-order valence-electron chi connectivity index (χ3n) is 7.77. The van der Waals surface area contributed by atoms with E-state index >= 15 is 0 Å². The number of piperidine rings is 1. The highest BCUT2D eigenvalue weighted by Crippen LogP contribution is 2.32. The number of hydrogen-bond donors (Lipinski definition) is 4. The lowest BCUT2D eigenvalue weighted by Crippen LogP contribution is -2.42. The van der Waals surface area contributed by atoms with Gasteiger partial charge in [-0.25, -0.2) is 4.79 Å². The number of methoxy groups -OCH3 is 1. The van der Waals surface area contributed by atoms with Crippen LogP contribution in [0.3, 0.4) is 0 Å². The fraction of sp³-hybridized carbons (Fsp3) is 0.559. The van der Waals surface area contributed by atoms with Gasteiger partial charge < -0.3 is 29.7 Å². The van der Waals surface area contributed by atoms with Crippen molar-refractivity contribution in [2.24, 2.45) is 0 Å². The van der Waals surface area contributed by atoms with Crippen molar-refractivity contribution < 1.29 is 37.0 Å². The highest BCUT2D eigenvalue weighted by Gasteiger charge is 2.42. The number of nitrogens with one attached hydrogen (secondary N) is 4. The van der Waals surface area contributed by atoms with Crippen LogP contribution in [0.5, 0.6) is 5.75 Å². The number of benzene rings is 2. The summed E-state index contributed by atoms with van der Waals surface area (Å²) in [7, 11) is 1.65. The number of halogens is 3. The van der Waals surface area contributed by atoms with Crippen molar-refractivity contribution in [2.75, 3.05) is 53.0 Å². The molecule has 2 aromatic carbocycles. The number of amides is 1. The van der Waals surface area contributed by atoms with Crippen molar-refractivity contribution in [3.63, 3.8) is 0 Å². The van der Waals surface area contributed by atoms with Crippen LogP contribution in [0.4, 0.5) is 13.2 Å². The molecular formula is C34H48F3N5O5. The standard InChI is InChI=1S/C34H48F3N5O5/c1-3-4-16-40-33(38)41-31(43)13-9-25-8-12-29(30(23-25)46-22-5-21-45-2)27-10-6-26(7-11-27)24-39-17-20-42-18-14-28(15-19-42)47-32(44)34(35,36)37/h6-8,10-12,23,28,39H,3-5,9,13-22,24H2,1-2H3,(H3,38,40,41,43). The number of ether oxygens (including phenoxy) is 3. The summed E-state index contributed by atoms with van der Waals surface area (Å²) in [6.45, 7) is 7.07. The first-order chi connectivity index (χ1) is 22.6. The molecule has 1 amide bonds. The second kappa shape index (κ2) is 19.9. The van der Waals surface area contributed by atoms with Crippen molar-refractivity contribution in [2.45, 2.75) is 70.7 Å². The molecule has 10 nitrogen and oxygen atoms in total. The summed E-state index contributed by atoms with van der Waals surface area (Å²) in [6.07, 6.45) is -1.43. The SMILES string of the molecule is CCCCNC(=N)NC(=O)CCc1ccc(-c2ccc(CNCCN3CCC(OC(=O)C(F)(F)F)CC3)cc2)c(OCCCOC)c1. The minimum absolute atomic E-state index is 0.0240. The molecule has 0 radical (unpaired) electrons. The lowest BCUT2D eigenvalue weighted by atomic mass is 9.99. The molecule has 0 aromatic heterocycles. The number of hydrogen-bond acceptors (Lipinski definition) is 8. The van der Waals surface area contributed by atoms with Crippen LogP contribution in [-0.4, -0.2) is 88.1 Å². The zero-order valence-electron chi connectivity index (χ0n) is 27.3. The number of carbonyl (C=O) groups excluding carboxylic acids is 2. The van der Waals surface area contributed by atoms with Crippen molar-refractivity contribution >= 4 is 17.8 Å². The number of nitrogens with zero attached hydrogens (tertiary/aromatic N) is 1. The molecule has 1 saturated heterocycles. The summed E-state index contributed by atoms with van der Waals surface area (Å²) >= 11 is 0. The third kappa shape index (κ3) is 13.9. The number of unbranched alkanes of at least 4 members (excludes halogenated alkanes) is 1. The molecule has 0 saturated carbocycles. The van der Waals surface area contributed by atoms with Crippen molar-refractivity contribution in [1.29, 1.82) is 5.41 Å². The fourth-order valence-corrected chi connectivity index (χ4v) is 5.10. The van der Waals surface area contributed by atoms with E-state index in [-0.39, 0.29) is 18.3 Å². The largest absolute Gasteiger partial charge is 0.493 e. The Morgan fingerprint density at radius 1 is 1.00 bits per heavy atom. The number of likely N-dealkylation sites (tertiary alicyclic amines) is 1. The Hall–Kier alpha value is -3.68. The normalized spacial score (nSPS) is 14.1. The fourth-order valence-electron chi connectivity index (χ4n) is 5.10. The summed E-state index contributed by atoms with van der Waals surface area (Å²) in [5.41, 5.74) is 4.01. The number of carbonyl (C=O) groups is 2. The first-order valence-corrected chi connectivity index (χ1v) is 16.3. The molecule has 0 unspecified atom stereocenters. The van der Waals surface area contributed by atoms with Gasteiger partial charge in [-0.2, -0.15) is 13.2 Å². The first kappa shape index (κ1) is 37.8. The monoisotopic (exact) mass is 663 g/mol. The maximum Gasteiger partial charge on any atom is 0.490 e. The van der Waals surface area contributed by atoms with E-state index in [0.717, 1.165) is 53.8 Å². The maximum absolute atomic E-state index is 12.4. The summed E-state index contributed by atoms with van der Waals surface area (Å²) in [5.74, 6) is -1.57. The molecule has 1 aliphatic heterocycles. The smallest absolute Gasteiger partial charge is 0.490 e. The molecule has 2 aromatic rings. The Kier molecular flexibility index (Phi) is 16.0. The van der Waals surface area contributed by atoms with Gasteiger partial charge in [0, 0.05) is 71.4 Å². The molecule has 0 bridgehead atoms. The molecule has 13 heteroatoms. The van der Waals surface area contributed by atoms with Crippen LogP contribution in [0.25, 0.3) is 11.1 Å². The van der Waals surface area contributed by atoms with Gasteiger partial charge >= 0.3 is 12.1 Å². The second-order valence-corrected chi connectivity index (χ2v) is 11.5. The molecule has 3 rings (SSSR count). The predicted octanol–water partition coefficient (Wildman–Crippen LogP) is 4.80. The highest BCUT2D eigenvalue weighted by molar-refractivity contribution is 5.95. The number of rotatable bonds is 18. The molecule has 260 valence electrons. The topological polar surface area (TPSA) is 125 Å². The average Bonchev–Trinajstić information content (AvgIpc) is 3.05. The average molecular weight is 664 g/mol. The summed E-state index contributed by atoms with van der Waals surface area (Å²) in [6, 6.07) is 14.2. The van der Waals surface area contributed by atoms with Gasteiger partial charge in [-0.05, 0) is 48.4 Å². The molecule has 0 atom stereocenters. The van der Waals surface area contributed by atoms with E-state index in [1.54, 1.807) is 7.11 Å². The number of esters is 1. The zero-order valence-corrected chi connectivity index (χ0v) is 27.3. The highest BCUT2D eigenvalue weighted by atomic mass is 19.4. The molecular weight excluding hydrogens is 615 g/mol. The van der Waals surface area contributed by atoms with Crippen LogP contribution in [0.1, 0.15) is 56.6 Å². The van der Waals surface area contributed by atoms with Gasteiger partial charge in [-0.3, -0.25) is 15.5 Å². The Balaban J connectivity index is 1.48. The second-order valence-electron chi connectivity index (χ2n) is 11.5. The van der Waals surface area contributed by atoms with Gasteiger partial charge in [0.15, 0.2) is 5.96 Å². The van der Waals surface area contributed by atoms with E-state index in [4.69, 9.17) is 14.9 Å². The van der Waals surface area contributed by atoms with E-state index in [1.807, 2.05) is 30.3 Å².